The number of anilines is 1. The van der Waals surface area contributed by atoms with E-state index in [1.165, 1.54) is 27.8 Å². The lowest BCUT2D eigenvalue weighted by atomic mass is 9.98. The normalized spacial score (nSPS) is 10.9. The van der Waals surface area contributed by atoms with E-state index in [1.54, 1.807) is 19.2 Å². The molecule has 22 heavy (non-hydrogen) atoms. The van der Waals surface area contributed by atoms with E-state index in [4.69, 9.17) is 11.1 Å². The van der Waals surface area contributed by atoms with E-state index in [2.05, 4.69) is 55.6 Å². The van der Waals surface area contributed by atoms with Crippen molar-refractivity contribution in [3.8, 4) is 11.1 Å². The molecule has 0 unspecified atom stereocenters. The highest BCUT2D eigenvalue weighted by molar-refractivity contribution is 5.90. The maximum Gasteiger partial charge on any atom is 0.0409 e. The molecule has 0 amide bonds. The van der Waals surface area contributed by atoms with Gasteiger partial charge in [-0.25, -0.2) is 0 Å². The summed E-state index contributed by atoms with van der Waals surface area (Å²) in [6, 6.07) is 12.8. The molecule has 0 aromatic heterocycles. The Morgan fingerprint density at radius 3 is 2.27 bits per heavy atom. The summed E-state index contributed by atoms with van der Waals surface area (Å²) in [7, 11) is 0. The van der Waals surface area contributed by atoms with Crippen LogP contribution in [0.4, 0.5) is 5.69 Å². The third-order valence-electron chi connectivity index (χ3n) is 3.69. The molecule has 0 bridgehead atoms. The lowest BCUT2D eigenvalue weighted by molar-refractivity contribution is 1.05. The number of nitrogens with two attached hydrogens (primary N) is 1. The van der Waals surface area contributed by atoms with Gasteiger partial charge >= 0.3 is 0 Å². The smallest absolute Gasteiger partial charge is 0.0409 e. The van der Waals surface area contributed by atoms with E-state index in [-0.39, 0.29) is 0 Å². The third-order valence-corrected chi connectivity index (χ3v) is 3.69. The van der Waals surface area contributed by atoms with Crippen molar-refractivity contribution in [2.24, 2.45) is 5.73 Å². The van der Waals surface area contributed by atoms with E-state index >= 15 is 0 Å². The molecule has 2 aromatic rings. The highest BCUT2D eigenvalue weighted by atomic mass is 14.8. The Balaban J connectivity index is 2.25. The molecule has 0 aliphatic carbocycles. The van der Waals surface area contributed by atoms with Crippen LogP contribution in [0.3, 0.4) is 0 Å². The first-order chi connectivity index (χ1) is 10.5. The highest BCUT2D eigenvalue weighted by Gasteiger charge is 2.04. The predicted molar refractivity (Wildman–Crippen MR) is 95.4 cm³/mol. The van der Waals surface area contributed by atoms with Crippen molar-refractivity contribution in [1.82, 2.24) is 0 Å². The van der Waals surface area contributed by atoms with Gasteiger partial charge < -0.3 is 16.5 Å². The van der Waals surface area contributed by atoms with Crippen LogP contribution < -0.4 is 11.1 Å². The van der Waals surface area contributed by atoms with E-state index in [9.17, 15) is 0 Å². The predicted octanol–water partition coefficient (Wildman–Crippen LogP) is 4.39. The summed E-state index contributed by atoms with van der Waals surface area (Å²) >= 11 is 0. The molecule has 0 atom stereocenters. The first-order valence-corrected chi connectivity index (χ1v) is 7.40. The van der Waals surface area contributed by atoms with Gasteiger partial charge in [-0.15, -0.1) is 0 Å². The summed E-state index contributed by atoms with van der Waals surface area (Å²) in [4.78, 5) is 0. The molecule has 0 aliphatic rings. The fourth-order valence-corrected chi connectivity index (χ4v) is 2.37. The van der Waals surface area contributed by atoms with Crippen LogP contribution in [-0.2, 0) is 6.54 Å². The molecule has 0 radical (unpaired) electrons. The van der Waals surface area contributed by atoms with Crippen molar-refractivity contribution in [3.63, 3.8) is 0 Å². The van der Waals surface area contributed by atoms with Crippen LogP contribution in [0.1, 0.15) is 23.6 Å². The summed E-state index contributed by atoms with van der Waals surface area (Å²) in [5.74, 6) is 0. The minimum absolute atomic E-state index is 0.525. The van der Waals surface area contributed by atoms with Crippen LogP contribution in [0, 0.1) is 19.3 Å². The first kappa shape index (κ1) is 16.0. The Morgan fingerprint density at radius 2 is 1.73 bits per heavy atom. The number of aryl methyl sites for hydroxylation is 2. The van der Waals surface area contributed by atoms with Gasteiger partial charge in [-0.05, 0) is 66.8 Å². The zero-order valence-electron chi connectivity index (χ0n) is 13.4. The van der Waals surface area contributed by atoms with Crippen LogP contribution in [0.2, 0.25) is 0 Å². The first-order valence-electron chi connectivity index (χ1n) is 7.40. The summed E-state index contributed by atoms with van der Waals surface area (Å²) in [5.41, 5.74) is 13.3. The van der Waals surface area contributed by atoms with Gasteiger partial charge in [-0.1, -0.05) is 24.3 Å². The molecule has 4 N–H and O–H groups in total. The van der Waals surface area contributed by atoms with Gasteiger partial charge in [0.25, 0.3) is 0 Å². The molecule has 0 spiro atoms. The lowest BCUT2D eigenvalue weighted by Gasteiger charge is -2.11. The SMILES string of the molecule is CC(=N)/C=C\Nc1ccc(-c2ccc(CN)c(C)c2)cc1C. The summed E-state index contributed by atoms with van der Waals surface area (Å²) in [6.07, 6.45) is 3.53. The number of nitrogens with one attached hydrogen (secondary N) is 2. The average Bonchev–Trinajstić information content (AvgIpc) is 2.48. The standard InChI is InChI=1S/C19H23N3/c1-13-10-16(4-5-18(13)12-20)17-6-7-19(14(2)11-17)22-9-8-15(3)21/h4-11,21-22H,12,20H2,1-3H3/b9-8-,21-15?. The largest absolute Gasteiger partial charge is 0.361 e. The number of hydrogen-bond donors (Lipinski definition) is 3. The van der Waals surface area contributed by atoms with Crippen LogP contribution in [0.15, 0.2) is 48.7 Å². The van der Waals surface area contributed by atoms with Crippen molar-refractivity contribution in [3.05, 3.63) is 65.4 Å². The second-order valence-corrected chi connectivity index (χ2v) is 5.54. The Bertz CT molecular complexity index is 715. The van der Waals surface area contributed by atoms with Crippen LogP contribution in [0.5, 0.6) is 0 Å². The molecule has 0 aliphatic heterocycles. The molecular weight excluding hydrogens is 270 g/mol. The average molecular weight is 293 g/mol. The van der Waals surface area contributed by atoms with Crippen LogP contribution >= 0.6 is 0 Å². The Morgan fingerprint density at radius 1 is 1.09 bits per heavy atom. The van der Waals surface area contributed by atoms with Gasteiger partial charge in [0.1, 0.15) is 0 Å². The van der Waals surface area contributed by atoms with Gasteiger partial charge in [0.05, 0.1) is 0 Å². The molecule has 3 heteroatoms. The van der Waals surface area contributed by atoms with Gasteiger partial charge in [0.15, 0.2) is 0 Å². The molecule has 114 valence electrons. The fraction of sp³-hybridized carbons (Fsp3) is 0.211. The topological polar surface area (TPSA) is 61.9 Å². The zero-order chi connectivity index (χ0) is 16.1. The summed E-state index contributed by atoms with van der Waals surface area (Å²) in [6.45, 7) is 6.51. The maximum atomic E-state index is 7.38. The fourth-order valence-electron chi connectivity index (χ4n) is 2.37. The third kappa shape index (κ3) is 3.83. The molecule has 0 saturated carbocycles. The van der Waals surface area contributed by atoms with Crippen molar-refractivity contribution in [2.45, 2.75) is 27.3 Å². The molecule has 2 aromatic carbocycles. The van der Waals surface area contributed by atoms with E-state index in [1.807, 2.05) is 0 Å². The van der Waals surface area contributed by atoms with Crippen molar-refractivity contribution in [1.29, 1.82) is 5.41 Å². The van der Waals surface area contributed by atoms with Crippen molar-refractivity contribution >= 4 is 11.4 Å². The Hall–Kier alpha value is -2.39. The molecule has 2 rings (SSSR count). The number of rotatable bonds is 5. The van der Waals surface area contributed by atoms with E-state index < -0.39 is 0 Å². The second kappa shape index (κ2) is 7.05. The Labute approximate surface area is 132 Å². The molecule has 3 nitrogen and oxygen atoms in total. The van der Waals surface area contributed by atoms with Gasteiger partial charge in [-0.3, -0.25) is 0 Å². The quantitative estimate of drug-likeness (QED) is 0.716. The molecule has 0 heterocycles. The van der Waals surface area contributed by atoms with Gasteiger partial charge in [0.2, 0.25) is 0 Å². The van der Waals surface area contributed by atoms with Gasteiger partial charge in [-0.2, -0.15) is 0 Å². The molecule has 0 saturated heterocycles. The van der Waals surface area contributed by atoms with E-state index in [0.717, 1.165) is 5.69 Å². The second-order valence-electron chi connectivity index (χ2n) is 5.54. The minimum atomic E-state index is 0.525. The van der Waals surface area contributed by atoms with Crippen molar-refractivity contribution in [2.75, 3.05) is 5.32 Å². The summed E-state index contributed by atoms with van der Waals surface area (Å²) in [5, 5.41) is 10.6. The van der Waals surface area contributed by atoms with Crippen LogP contribution in [-0.4, -0.2) is 5.71 Å². The number of benzene rings is 2. The number of allylic oxidation sites excluding steroid dienone is 1. The summed E-state index contributed by atoms with van der Waals surface area (Å²) < 4.78 is 0. The van der Waals surface area contributed by atoms with Crippen molar-refractivity contribution < 1.29 is 0 Å². The monoisotopic (exact) mass is 293 g/mol. The maximum absolute atomic E-state index is 7.38. The highest BCUT2D eigenvalue weighted by Crippen LogP contribution is 2.26. The Kier molecular flexibility index (Phi) is 5.12. The number of hydrogen-bond acceptors (Lipinski definition) is 3. The van der Waals surface area contributed by atoms with E-state index in [0.29, 0.717) is 12.3 Å². The lowest BCUT2D eigenvalue weighted by Crippen LogP contribution is -1.99. The van der Waals surface area contributed by atoms with Crippen LogP contribution in [0.25, 0.3) is 11.1 Å². The molecular formula is C19H23N3. The minimum Gasteiger partial charge on any atom is -0.361 e. The van der Waals surface area contributed by atoms with Gasteiger partial charge in [0, 0.05) is 24.1 Å². The zero-order valence-corrected chi connectivity index (χ0v) is 13.4. The molecule has 0 fully saturated rings.